The summed E-state index contributed by atoms with van der Waals surface area (Å²) in [6, 6.07) is 30.1. The second-order valence-corrected chi connectivity index (χ2v) is 11.8. The van der Waals surface area contributed by atoms with E-state index >= 15 is 4.79 Å². The van der Waals surface area contributed by atoms with Crippen molar-refractivity contribution >= 4 is 40.9 Å². The van der Waals surface area contributed by atoms with E-state index in [9.17, 15) is 19.2 Å². The molecular formula is C38H36N4O5. The van der Waals surface area contributed by atoms with Gasteiger partial charge >= 0.3 is 0 Å². The van der Waals surface area contributed by atoms with Crippen molar-refractivity contribution in [3.63, 3.8) is 0 Å². The summed E-state index contributed by atoms with van der Waals surface area (Å²) in [5, 5.41) is 0. The van der Waals surface area contributed by atoms with Crippen molar-refractivity contribution < 1.29 is 24.0 Å². The van der Waals surface area contributed by atoms with E-state index in [0.29, 0.717) is 18.8 Å². The minimum atomic E-state index is -1.29. The van der Waals surface area contributed by atoms with Gasteiger partial charge in [-0.05, 0) is 61.2 Å². The maximum absolute atomic E-state index is 15.0. The predicted molar refractivity (Wildman–Crippen MR) is 179 cm³/mol. The molecule has 4 aromatic carbocycles. The van der Waals surface area contributed by atoms with E-state index < -0.39 is 36.2 Å². The van der Waals surface area contributed by atoms with Crippen molar-refractivity contribution in [2.24, 2.45) is 0 Å². The number of anilines is 2. The number of likely N-dealkylation sites (tertiary alicyclic amines) is 1. The Labute approximate surface area is 274 Å². The molecule has 0 aliphatic carbocycles. The Morgan fingerprint density at radius 3 is 1.89 bits per heavy atom. The maximum atomic E-state index is 15.0. The van der Waals surface area contributed by atoms with E-state index in [2.05, 4.69) is 0 Å². The molecule has 1 saturated heterocycles. The largest absolute Gasteiger partial charge is 0.339 e. The number of para-hydroxylation sites is 2. The lowest BCUT2D eigenvalue weighted by molar-refractivity contribution is -0.125. The molecule has 238 valence electrons. The normalized spacial score (nSPS) is 14.8. The van der Waals surface area contributed by atoms with Gasteiger partial charge in [0, 0.05) is 32.2 Å². The van der Waals surface area contributed by atoms with Gasteiger partial charge in [0.2, 0.25) is 5.91 Å². The summed E-state index contributed by atoms with van der Waals surface area (Å²) in [6.45, 7) is 0.772. The number of nitrogens with zero attached hydrogens (tertiary/aromatic N) is 4. The summed E-state index contributed by atoms with van der Waals surface area (Å²) < 4.78 is 0. The molecule has 0 aromatic heterocycles. The fourth-order valence-electron chi connectivity index (χ4n) is 6.27. The van der Waals surface area contributed by atoms with Gasteiger partial charge in [-0.3, -0.25) is 28.9 Å². The summed E-state index contributed by atoms with van der Waals surface area (Å²) >= 11 is 0. The number of piperidine rings is 1. The monoisotopic (exact) mass is 628 g/mol. The number of rotatable bonds is 9. The van der Waals surface area contributed by atoms with Gasteiger partial charge in [0.1, 0.15) is 12.6 Å². The number of fused-ring (bicyclic) bond motifs is 1. The van der Waals surface area contributed by atoms with Crippen molar-refractivity contribution in [1.82, 2.24) is 9.80 Å². The molecule has 2 aliphatic heterocycles. The van der Waals surface area contributed by atoms with E-state index in [-0.39, 0.29) is 34.7 Å². The highest BCUT2D eigenvalue weighted by Crippen LogP contribution is 2.30. The molecule has 5 amide bonds. The Morgan fingerprint density at radius 1 is 0.702 bits per heavy atom. The molecule has 0 radical (unpaired) electrons. The van der Waals surface area contributed by atoms with Crippen molar-refractivity contribution in [2.75, 3.05) is 36.5 Å². The molecule has 0 bridgehead atoms. The Bertz CT molecular complexity index is 1770. The SMILES string of the molecule is CN(C(=O)CN(C(=O)C(Cc1ccccc1)N1C(=O)c2ccccc2C1=O)c1ccccc1C(=O)N1CCCCC1)c1ccccc1. The zero-order chi connectivity index (χ0) is 32.9. The third-order valence-corrected chi connectivity index (χ3v) is 8.84. The minimum Gasteiger partial charge on any atom is -0.339 e. The number of likely N-dealkylation sites (N-methyl/N-ethyl adjacent to an activating group) is 1. The Hall–Kier alpha value is -5.57. The van der Waals surface area contributed by atoms with Crippen LogP contribution in [0.2, 0.25) is 0 Å². The van der Waals surface area contributed by atoms with Crippen molar-refractivity contribution in [3.8, 4) is 0 Å². The average molecular weight is 629 g/mol. The van der Waals surface area contributed by atoms with Crippen molar-refractivity contribution in [2.45, 2.75) is 31.7 Å². The second kappa shape index (κ2) is 13.8. The van der Waals surface area contributed by atoms with Crippen LogP contribution in [0, 0.1) is 0 Å². The van der Waals surface area contributed by atoms with Crippen LogP contribution in [0.15, 0.2) is 109 Å². The van der Waals surface area contributed by atoms with E-state index in [1.165, 1.54) is 9.80 Å². The molecule has 2 heterocycles. The van der Waals surface area contributed by atoms with E-state index in [0.717, 1.165) is 29.7 Å². The number of carbonyl (C=O) groups is 5. The first-order valence-electron chi connectivity index (χ1n) is 15.9. The molecule has 1 unspecified atom stereocenters. The van der Waals surface area contributed by atoms with Crippen LogP contribution in [0.5, 0.6) is 0 Å². The summed E-state index contributed by atoms with van der Waals surface area (Å²) in [7, 11) is 1.62. The van der Waals surface area contributed by atoms with Crippen LogP contribution >= 0.6 is 0 Å². The molecule has 4 aromatic rings. The highest BCUT2D eigenvalue weighted by atomic mass is 16.2. The van der Waals surface area contributed by atoms with Gasteiger partial charge in [-0.1, -0.05) is 72.8 Å². The molecule has 0 N–H and O–H groups in total. The summed E-state index contributed by atoms with van der Waals surface area (Å²) in [6.07, 6.45) is 2.83. The Kier molecular flexibility index (Phi) is 9.24. The third kappa shape index (κ3) is 6.42. The predicted octanol–water partition coefficient (Wildman–Crippen LogP) is 5.22. The topological polar surface area (TPSA) is 98.3 Å². The Balaban J connectivity index is 1.44. The fourth-order valence-corrected chi connectivity index (χ4v) is 6.27. The molecule has 1 fully saturated rings. The summed E-state index contributed by atoms with van der Waals surface area (Å²) in [5.41, 5.74) is 2.32. The molecule has 6 rings (SSSR count). The van der Waals surface area contributed by atoms with Gasteiger partial charge in [-0.15, -0.1) is 0 Å². The maximum Gasteiger partial charge on any atom is 0.262 e. The molecule has 0 saturated carbocycles. The number of imide groups is 1. The van der Waals surface area contributed by atoms with E-state index in [4.69, 9.17) is 0 Å². The fraction of sp³-hybridized carbons (Fsp3) is 0.237. The quantitative estimate of drug-likeness (QED) is 0.237. The van der Waals surface area contributed by atoms with Crippen LogP contribution in [-0.4, -0.2) is 72.1 Å². The second-order valence-electron chi connectivity index (χ2n) is 11.8. The first-order valence-corrected chi connectivity index (χ1v) is 15.9. The average Bonchev–Trinajstić information content (AvgIpc) is 3.38. The number of carbonyl (C=O) groups excluding carboxylic acids is 5. The summed E-state index contributed by atoms with van der Waals surface area (Å²) in [4.78, 5) is 76.0. The van der Waals surface area contributed by atoms with Crippen molar-refractivity contribution in [1.29, 1.82) is 0 Å². The molecule has 2 aliphatic rings. The first-order chi connectivity index (χ1) is 22.8. The van der Waals surface area contributed by atoms with Crippen LogP contribution in [0.25, 0.3) is 0 Å². The number of benzene rings is 4. The van der Waals surface area contributed by atoms with Gasteiger partial charge in [-0.2, -0.15) is 0 Å². The molecule has 9 nitrogen and oxygen atoms in total. The van der Waals surface area contributed by atoms with Gasteiger partial charge in [0.25, 0.3) is 23.6 Å². The zero-order valence-corrected chi connectivity index (χ0v) is 26.2. The number of amides is 5. The van der Waals surface area contributed by atoms with E-state index in [1.807, 2.05) is 48.5 Å². The number of hydrogen-bond donors (Lipinski definition) is 0. The van der Waals surface area contributed by atoms with Crippen LogP contribution in [-0.2, 0) is 16.0 Å². The summed E-state index contributed by atoms with van der Waals surface area (Å²) in [5.74, 6) is -2.44. The number of hydrogen-bond acceptors (Lipinski definition) is 5. The lowest BCUT2D eigenvalue weighted by Crippen LogP contribution is -2.54. The molecule has 9 heteroatoms. The van der Waals surface area contributed by atoms with Gasteiger partial charge in [0.05, 0.1) is 22.4 Å². The molecule has 47 heavy (non-hydrogen) atoms. The lowest BCUT2D eigenvalue weighted by atomic mass is 10.0. The van der Waals surface area contributed by atoms with Gasteiger partial charge in [0.15, 0.2) is 0 Å². The highest BCUT2D eigenvalue weighted by molar-refractivity contribution is 6.24. The molecule has 0 spiro atoms. The Morgan fingerprint density at radius 2 is 1.26 bits per heavy atom. The van der Waals surface area contributed by atoms with Crippen LogP contribution in [0.4, 0.5) is 11.4 Å². The standard InChI is InChI=1S/C38H36N4O5/c1-39(28-17-7-3-8-18-28)34(43)26-41(32-22-12-11-21-31(32)35(44)40-23-13-4-14-24-40)38(47)33(25-27-15-5-2-6-16-27)42-36(45)29-19-9-10-20-30(29)37(42)46/h2-3,5-12,15-22,33H,4,13-14,23-26H2,1H3. The van der Waals surface area contributed by atoms with Crippen LogP contribution in [0.3, 0.4) is 0 Å². The smallest absolute Gasteiger partial charge is 0.262 e. The van der Waals surface area contributed by atoms with Crippen LogP contribution in [0.1, 0.15) is 55.9 Å². The highest BCUT2D eigenvalue weighted by Gasteiger charge is 2.45. The van der Waals surface area contributed by atoms with Gasteiger partial charge in [-0.25, -0.2) is 0 Å². The van der Waals surface area contributed by atoms with Crippen LogP contribution < -0.4 is 9.80 Å². The molecular weight excluding hydrogens is 592 g/mol. The zero-order valence-electron chi connectivity index (χ0n) is 26.2. The first kappa shape index (κ1) is 31.4. The van der Waals surface area contributed by atoms with Crippen molar-refractivity contribution in [3.05, 3.63) is 131 Å². The van der Waals surface area contributed by atoms with E-state index in [1.54, 1.807) is 72.6 Å². The minimum absolute atomic E-state index is 0.0204. The third-order valence-electron chi connectivity index (χ3n) is 8.84. The molecule has 1 atom stereocenters. The lowest BCUT2D eigenvalue weighted by Gasteiger charge is -2.34. The van der Waals surface area contributed by atoms with Gasteiger partial charge < -0.3 is 14.7 Å².